The second-order valence-corrected chi connectivity index (χ2v) is 5.76. The number of thioether (sulfide) groups is 1. The maximum atomic E-state index is 11.9. The summed E-state index contributed by atoms with van der Waals surface area (Å²) >= 11 is 1.91. The number of carbonyl (C=O) groups excluding carboxylic acids is 1. The molecule has 0 radical (unpaired) electrons. The molecule has 1 heterocycles. The predicted octanol–water partition coefficient (Wildman–Crippen LogP) is 1.90. The fraction of sp³-hybridized carbons (Fsp3) is 0.500. The molecule has 0 fully saturated rings. The number of fused-ring (bicyclic) bond motifs is 1. The van der Waals surface area contributed by atoms with Crippen molar-refractivity contribution in [3.63, 3.8) is 0 Å². The fourth-order valence-electron chi connectivity index (χ4n) is 2.15. The van der Waals surface area contributed by atoms with Crippen molar-refractivity contribution in [2.24, 2.45) is 5.73 Å². The number of rotatable bonds is 4. The number of benzene rings is 1. The summed E-state index contributed by atoms with van der Waals surface area (Å²) in [4.78, 5) is 13.3. The van der Waals surface area contributed by atoms with Crippen LogP contribution in [0.25, 0.3) is 0 Å². The first-order chi connectivity index (χ1) is 8.72. The molecule has 1 aliphatic rings. The Bertz CT molecular complexity index is 434. The van der Waals surface area contributed by atoms with Gasteiger partial charge >= 0.3 is 0 Å². The molecule has 1 aliphatic heterocycles. The van der Waals surface area contributed by atoms with Crippen LogP contribution in [0.15, 0.2) is 23.1 Å². The molecular formula is C14H20N2OS. The van der Waals surface area contributed by atoms with E-state index in [0.29, 0.717) is 13.1 Å². The second kappa shape index (κ2) is 6.25. The van der Waals surface area contributed by atoms with E-state index in [1.807, 2.05) is 18.7 Å². The van der Waals surface area contributed by atoms with Gasteiger partial charge in [-0.05, 0) is 42.7 Å². The molecule has 0 bridgehead atoms. The number of aryl methyl sites for hydroxylation is 1. The number of hydrogen-bond acceptors (Lipinski definition) is 3. The average Bonchev–Trinajstić information content (AvgIpc) is 2.43. The Balaban J connectivity index is 2.10. The average molecular weight is 264 g/mol. The molecule has 0 saturated carbocycles. The van der Waals surface area contributed by atoms with Crippen molar-refractivity contribution in [1.82, 2.24) is 5.32 Å². The molecule has 0 aliphatic carbocycles. The van der Waals surface area contributed by atoms with Gasteiger partial charge in [0.25, 0.3) is 0 Å². The van der Waals surface area contributed by atoms with Crippen LogP contribution in [0.3, 0.4) is 0 Å². The van der Waals surface area contributed by atoms with Crippen LogP contribution in [0, 0.1) is 0 Å². The lowest BCUT2D eigenvalue weighted by molar-refractivity contribution is -0.122. The van der Waals surface area contributed by atoms with Crippen LogP contribution >= 0.6 is 11.8 Å². The van der Waals surface area contributed by atoms with Crippen molar-refractivity contribution in [3.8, 4) is 0 Å². The van der Waals surface area contributed by atoms with E-state index >= 15 is 0 Å². The first-order valence-electron chi connectivity index (χ1n) is 6.46. The molecule has 1 amide bonds. The van der Waals surface area contributed by atoms with Crippen LogP contribution in [-0.4, -0.2) is 24.7 Å². The fourth-order valence-corrected chi connectivity index (χ4v) is 3.17. The van der Waals surface area contributed by atoms with Crippen molar-refractivity contribution in [3.05, 3.63) is 29.3 Å². The van der Waals surface area contributed by atoms with Crippen molar-refractivity contribution in [1.29, 1.82) is 0 Å². The quantitative estimate of drug-likeness (QED) is 0.873. The minimum atomic E-state index is -0.103. The van der Waals surface area contributed by atoms with E-state index in [2.05, 4.69) is 23.5 Å². The van der Waals surface area contributed by atoms with Crippen molar-refractivity contribution in [2.45, 2.75) is 30.6 Å². The summed E-state index contributed by atoms with van der Waals surface area (Å²) in [6.07, 6.45) is 2.36. The van der Waals surface area contributed by atoms with Gasteiger partial charge in [0.1, 0.15) is 0 Å². The van der Waals surface area contributed by atoms with Gasteiger partial charge in [0.15, 0.2) is 0 Å². The van der Waals surface area contributed by atoms with Crippen LogP contribution in [0.1, 0.15) is 30.4 Å². The van der Waals surface area contributed by atoms with Gasteiger partial charge in [-0.1, -0.05) is 12.1 Å². The SMILES string of the molecule is CC(C(=O)NCCN)c1ccc2c(c1)CCCS2. The largest absolute Gasteiger partial charge is 0.354 e. The molecule has 0 aromatic heterocycles. The molecule has 98 valence electrons. The zero-order valence-corrected chi connectivity index (χ0v) is 11.6. The summed E-state index contributed by atoms with van der Waals surface area (Å²) < 4.78 is 0. The molecule has 1 atom stereocenters. The second-order valence-electron chi connectivity index (χ2n) is 4.62. The minimum Gasteiger partial charge on any atom is -0.354 e. The summed E-state index contributed by atoms with van der Waals surface area (Å²) in [7, 11) is 0. The van der Waals surface area contributed by atoms with Crippen LogP contribution < -0.4 is 11.1 Å². The number of amides is 1. The number of nitrogens with two attached hydrogens (primary N) is 1. The Labute approximate surface area is 113 Å². The minimum absolute atomic E-state index is 0.0591. The van der Waals surface area contributed by atoms with E-state index in [1.54, 1.807) is 0 Å². The number of carbonyl (C=O) groups is 1. The standard InChI is InChI=1S/C14H20N2OS/c1-10(14(17)16-7-6-15)11-4-5-13-12(9-11)3-2-8-18-13/h4-5,9-10H,2-3,6-8,15H2,1H3,(H,16,17). The topological polar surface area (TPSA) is 55.1 Å². The molecule has 0 saturated heterocycles. The van der Waals surface area contributed by atoms with Crippen LogP contribution in [-0.2, 0) is 11.2 Å². The summed E-state index contributed by atoms with van der Waals surface area (Å²) in [6.45, 7) is 2.98. The van der Waals surface area contributed by atoms with Gasteiger partial charge in [0, 0.05) is 18.0 Å². The summed E-state index contributed by atoms with van der Waals surface area (Å²) in [6, 6.07) is 6.42. The molecule has 0 spiro atoms. The smallest absolute Gasteiger partial charge is 0.227 e. The van der Waals surface area contributed by atoms with Crippen LogP contribution in [0.2, 0.25) is 0 Å². The zero-order valence-electron chi connectivity index (χ0n) is 10.7. The molecule has 3 nitrogen and oxygen atoms in total. The maximum Gasteiger partial charge on any atom is 0.227 e. The Morgan fingerprint density at radius 3 is 3.17 bits per heavy atom. The third kappa shape index (κ3) is 3.06. The van der Waals surface area contributed by atoms with Gasteiger partial charge in [-0.25, -0.2) is 0 Å². The Morgan fingerprint density at radius 2 is 2.39 bits per heavy atom. The predicted molar refractivity (Wildman–Crippen MR) is 76.0 cm³/mol. The van der Waals surface area contributed by atoms with E-state index in [4.69, 9.17) is 5.73 Å². The third-order valence-corrected chi connectivity index (χ3v) is 4.47. The van der Waals surface area contributed by atoms with Gasteiger partial charge in [-0.3, -0.25) is 4.79 Å². The van der Waals surface area contributed by atoms with Gasteiger partial charge in [-0.2, -0.15) is 0 Å². The van der Waals surface area contributed by atoms with E-state index in [1.165, 1.54) is 22.6 Å². The van der Waals surface area contributed by atoms with Gasteiger partial charge < -0.3 is 11.1 Å². The third-order valence-electron chi connectivity index (χ3n) is 3.27. The van der Waals surface area contributed by atoms with E-state index in [0.717, 1.165) is 12.0 Å². The molecule has 18 heavy (non-hydrogen) atoms. The molecular weight excluding hydrogens is 244 g/mol. The Kier molecular flexibility index (Phi) is 4.66. The Hall–Kier alpha value is -1.00. The zero-order chi connectivity index (χ0) is 13.0. The van der Waals surface area contributed by atoms with Gasteiger partial charge in [0.05, 0.1) is 5.92 Å². The van der Waals surface area contributed by atoms with Crippen LogP contribution in [0.5, 0.6) is 0 Å². The molecule has 2 rings (SSSR count). The van der Waals surface area contributed by atoms with Gasteiger partial charge in [0.2, 0.25) is 5.91 Å². The molecule has 4 heteroatoms. The Morgan fingerprint density at radius 1 is 1.56 bits per heavy atom. The first kappa shape index (κ1) is 13.4. The molecule has 3 N–H and O–H groups in total. The molecule has 1 aromatic carbocycles. The number of hydrogen-bond donors (Lipinski definition) is 2. The maximum absolute atomic E-state index is 11.9. The monoisotopic (exact) mass is 264 g/mol. The van der Waals surface area contributed by atoms with E-state index in [-0.39, 0.29) is 11.8 Å². The van der Waals surface area contributed by atoms with E-state index < -0.39 is 0 Å². The first-order valence-corrected chi connectivity index (χ1v) is 7.44. The highest BCUT2D eigenvalue weighted by Crippen LogP contribution is 2.32. The van der Waals surface area contributed by atoms with Crippen molar-refractivity contribution < 1.29 is 4.79 Å². The lowest BCUT2D eigenvalue weighted by Crippen LogP contribution is -2.32. The molecule has 1 unspecified atom stereocenters. The summed E-state index contributed by atoms with van der Waals surface area (Å²) in [5.41, 5.74) is 7.88. The lowest BCUT2D eigenvalue weighted by Gasteiger charge is -2.18. The molecule has 1 aromatic rings. The van der Waals surface area contributed by atoms with Crippen molar-refractivity contribution in [2.75, 3.05) is 18.8 Å². The lowest BCUT2D eigenvalue weighted by atomic mass is 9.96. The highest BCUT2D eigenvalue weighted by atomic mass is 32.2. The van der Waals surface area contributed by atoms with Gasteiger partial charge in [-0.15, -0.1) is 11.8 Å². The number of nitrogens with one attached hydrogen (secondary N) is 1. The highest BCUT2D eigenvalue weighted by molar-refractivity contribution is 7.99. The highest BCUT2D eigenvalue weighted by Gasteiger charge is 2.17. The van der Waals surface area contributed by atoms with Crippen LogP contribution in [0.4, 0.5) is 0 Å². The normalized spacial score (nSPS) is 15.9. The van der Waals surface area contributed by atoms with Crippen molar-refractivity contribution >= 4 is 17.7 Å². The summed E-state index contributed by atoms with van der Waals surface area (Å²) in [5, 5.41) is 2.84. The van der Waals surface area contributed by atoms with E-state index in [9.17, 15) is 4.79 Å². The summed E-state index contributed by atoms with van der Waals surface area (Å²) in [5.74, 6) is 1.16.